The van der Waals surface area contributed by atoms with Gasteiger partial charge in [0.05, 0.1) is 18.2 Å². The Hall–Kier alpha value is -2.37. The molecule has 1 fully saturated rings. The van der Waals surface area contributed by atoms with Crippen LogP contribution in [0.15, 0.2) is 30.5 Å². The molecule has 122 valence electrons. The van der Waals surface area contributed by atoms with Crippen molar-refractivity contribution in [2.75, 3.05) is 5.73 Å². The first-order chi connectivity index (χ1) is 10.8. The van der Waals surface area contributed by atoms with Crippen molar-refractivity contribution in [2.24, 2.45) is 5.92 Å². The number of aromatic nitrogens is 3. The Morgan fingerprint density at radius 1 is 1.43 bits per heavy atom. The van der Waals surface area contributed by atoms with Crippen molar-refractivity contribution < 1.29 is 9.53 Å². The van der Waals surface area contributed by atoms with Crippen molar-refractivity contribution in [3.63, 3.8) is 0 Å². The zero-order valence-electron chi connectivity index (χ0n) is 13.7. The fourth-order valence-electron chi connectivity index (χ4n) is 2.60. The Bertz CT molecular complexity index is 717. The van der Waals surface area contributed by atoms with Gasteiger partial charge in [-0.05, 0) is 44.9 Å². The van der Waals surface area contributed by atoms with E-state index in [4.69, 9.17) is 10.5 Å². The molecule has 6 nitrogen and oxygen atoms in total. The van der Waals surface area contributed by atoms with Crippen LogP contribution in [0.5, 0.6) is 0 Å². The molecule has 3 rings (SSSR count). The smallest absolute Gasteiger partial charge is 0.310 e. The summed E-state index contributed by atoms with van der Waals surface area (Å²) < 4.78 is 7.19. The number of nitrogens with zero attached hydrogens (tertiary/aromatic N) is 3. The molecule has 2 aromatic rings. The summed E-state index contributed by atoms with van der Waals surface area (Å²) in [4.78, 5) is 12.0. The van der Waals surface area contributed by atoms with E-state index in [9.17, 15) is 4.79 Å². The molecule has 0 radical (unpaired) electrons. The second-order valence-corrected chi connectivity index (χ2v) is 7.07. The summed E-state index contributed by atoms with van der Waals surface area (Å²) in [5.41, 5.74) is 7.98. The number of benzene rings is 1. The first-order valence-electron chi connectivity index (χ1n) is 7.79. The van der Waals surface area contributed by atoms with Gasteiger partial charge in [-0.3, -0.25) is 4.79 Å². The minimum absolute atomic E-state index is 0.0910. The van der Waals surface area contributed by atoms with Crippen LogP contribution in [-0.2, 0) is 16.1 Å². The normalized spacial score (nSPS) is 20.3. The summed E-state index contributed by atoms with van der Waals surface area (Å²) in [6.07, 6.45) is 2.68. The highest BCUT2D eigenvalue weighted by atomic mass is 16.6. The van der Waals surface area contributed by atoms with Crippen molar-refractivity contribution in [1.29, 1.82) is 0 Å². The highest BCUT2D eigenvalue weighted by Crippen LogP contribution is 2.47. The Kier molecular flexibility index (Phi) is 3.83. The standard InChI is InChI=1S/C17H22N4O2/c1-17(2,3)23-16(22)14-8-13(14)15-10-21(20-19-15)9-11-5-4-6-12(18)7-11/h4-7,10,13-14H,8-9,18H2,1-3H3/t13-,14+/m0/s1. The molecular formula is C17H22N4O2. The van der Waals surface area contributed by atoms with Crippen LogP contribution in [0.1, 0.15) is 44.4 Å². The summed E-state index contributed by atoms with van der Waals surface area (Å²) in [5.74, 6) is -0.112. The lowest BCUT2D eigenvalue weighted by Crippen LogP contribution is -2.25. The number of anilines is 1. The lowest BCUT2D eigenvalue weighted by Gasteiger charge is -2.19. The van der Waals surface area contributed by atoms with Gasteiger partial charge < -0.3 is 10.5 Å². The minimum atomic E-state index is -0.449. The van der Waals surface area contributed by atoms with Crippen LogP contribution in [-0.4, -0.2) is 26.6 Å². The summed E-state index contributed by atoms with van der Waals surface area (Å²) in [5, 5.41) is 8.34. The molecule has 1 aliphatic carbocycles. The predicted octanol–water partition coefficient (Wildman–Crippen LogP) is 2.35. The Morgan fingerprint density at radius 3 is 2.91 bits per heavy atom. The Balaban J connectivity index is 1.61. The molecule has 1 aromatic heterocycles. The molecule has 0 amide bonds. The monoisotopic (exact) mass is 314 g/mol. The van der Waals surface area contributed by atoms with Crippen LogP contribution in [0.25, 0.3) is 0 Å². The number of carbonyl (C=O) groups excluding carboxylic acids is 1. The number of carbonyl (C=O) groups is 1. The summed E-state index contributed by atoms with van der Waals surface area (Å²) >= 11 is 0. The number of nitrogen functional groups attached to an aromatic ring is 1. The number of ether oxygens (including phenoxy) is 1. The van der Waals surface area contributed by atoms with Gasteiger partial charge in [-0.15, -0.1) is 5.10 Å². The molecule has 2 N–H and O–H groups in total. The van der Waals surface area contributed by atoms with Gasteiger partial charge in [0.15, 0.2) is 0 Å². The van der Waals surface area contributed by atoms with E-state index in [2.05, 4.69) is 10.3 Å². The number of esters is 1. The average Bonchev–Trinajstić information content (AvgIpc) is 3.11. The van der Waals surface area contributed by atoms with Crippen LogP contribution >= 0.6 is 0 Å². The van der Waals surface area contributed by atoms with Crippen LogP contribution in [0, 0.1) is 5.92 Å². The molecule has 0 saturated heterocycles. The maximum atomic E-state index is 12.0. The minimum Gasteiger partial charge on any atom is -0.460 e. The fraction of sp³-hybridized carbons (Fsp3) is 0.471. The van der Waals surface area contributed by atoms with E-state index in [1.54, 1.807) is 4.68 Å². The first kappa shape index (κ1) is 15.5. The number of hydrogen-bond acceptors (Lipinski definition) is 5. The van der Waals surface area contributed by atoms with Crippen LogP contribution in [0.2, 0.25) is 0 Å². The Morgan fingerprint density at radius 2 is 2.22 bits per heavy atom. The van der Waals surface area contributed by atoms with Gasteiger partial charge in [-0.25, -0.2) is 4.68 Å². The topological polar surface area (TPSA) is 83.0 Å². The highest BCUT2D eigenvalue weighted by molar-refractivity contribution is 5.77. The zero-order chi connectivity index (χ0) is 16.6. The fourth-order valence-corrected chi connectivity index (χ4v) is 2.60. The molecular weight excluding hydrogens is 292 g/mol. The highest BCUT2D eigenvalue weighted by Gasteiger charge is 2.47. The first-order valence-corrected chi connectivity index (χ1v) is 7.79. The van der Waals surface area contributed by atoms with Gasteiger partial charge in [0.2, 0.25) is 0 Å². The second-order valence-electron chi connectivity index (χ2n) is 7.07. The summed E-state index contributed by atoms with van der Waals surface area (Å²) in [6, 6.07) is 7.69. The molecule has 0 aliphatic heterocycles. The lowest BCUT2D eigenvalue weighted by atomic mass is 10.2. The molecule has 1 aromatic carbocycles. The van der Waals surface area contributed by atoms with Crippen LogP contribution in [0.3, 0.4) is 0 Å². The number of nitrogens with two attached hydrogens (primary N) is 1. The van der Waals surface area contributed by atoms with E-state index >= 15 is 0 Å². The van der Waals surface area contributed by atoms with E-state index in [1.165, 1.54) is 0 Å². The molecule has 1 heterocycles. The van der Waals surface area contributed by atoms with E-state index in [-0.39, 0.29) is 17.8 Å². The molecule has 1 aliphatic rings. The molecule has 0 unspecified atom stereocenters. The van der Waals surface area contributed by atoms with E-state index < -0.39 is 5.60 Å². The second kappa shape index (κ2) is 5.68. The van der Waals surface area contributed by atoms with Gasteiger partial charge in [-0.2, -0.15) is 0 Å². The third-order valence-electron chi connectivity index (χ3n) is 3.73. The van der Waals surface area contributed by atoms with Gasteiger partial charge in [0.1, 0.15) is 5.60 Å². The zero-order valence-corrected chi connectivity index (χ0v) is 13.7. The molecule has 1 saturated carbocycles. The maximum Gasteiger partial charge on any atom is 0.310 e. The predicted molar refractivity (Wildman–Crippen MR) is 86.7 cm³/mol. The van der Waals surface area contributed by atoms with Crippen LogP contribution in [0.4, 0.5) is 5.69 Å². The molecule has 6 heteroatoms. The molecule has 0 bridgehead atoms. The lowest BCUT2D eigenvalue weighted by molar-refractivity contribution is -0.156. The van der Waals surface area contributed by atoms with E-state index in [0.29, 0.717) is 6.54 Å². The van der Waals surface area contributed by atoms with Crippen molar-refractivity contribution in [2.45, 2.75) is 45.3 Å². The Labute approximate surface area is 135 Å². The van der Waals surface area contributed by atoms with Crippen LogP contribution < -0.4 is 5.73 Å². The van der Waals surface area contributed by atoms with Crippen molar-refractivity contribution in [3.05, 3.63) is 41.7 Å². The van der Waals surface area contributed by atoms with Gasteiger partial charge in [-0.1, -0.05) is 17.3 Å². The summed E-state index contributed by atoms with van der Waals surface area (Å²) in [6.45, 7) is 6.25. The van der Waals surface area contributed by atoms with Gasteiger partial charge in [0.25, 0.3) is 0 Å². The maximum absolute atomic E-state index is 12.0. The van der Waals surface area contributed by atoms with Gasteiger partial charge in [0, 0.05) is 17.8 Å². The van der Waals surface area contributed by atoms with Crippen molar-refractivity contribution in [1.82, 2.24) is 15.0 Å². The molecule has 23 heavy (non-hydrogen) atoms. The third-order valence-corrected chi connectivity index (χ3v) is 3.73. The summed E-state index contributed by atoms with van der Waals surface area (Å²) in [7, 11) is 0. The number of hydrogen-bond donors (Lipinski definition) is 1. The SMILES string of the molecule is CC(C)(C)OC(=O)[C@@H]1C[C@@H]1c1cn(Cc2cccc(N)c2)nn1. The van der Waals surface area contributed by atoms with Crippen molar-refractivity contribution in [3.8, 4) is 0 Å². The molecule has 0 spiro atoms. The third kappa shape index (κ3) is 3.88. The largest absolute Gasteiger partial charge is 0.460 e. The quantitative estimate of drug-likeness (QED) is 0.692. The van der Waals surface area contributed by atoms with E-state index in [1.807, 2.05) is 51.2 Å². The number of rotatable bonds is 4. The van der Waals surface area contributed by atoms with E-state index in [0.717, 1.165) is 23.4 Å². The van der Waals surface area contributed by atoms with Gasteiger partial charge >= 0.3 is 5.97 Å². The average molecular weight is 314 g/mol. The van der Waals surface area contributed by atoms with Crippen molar-refractivity contribution >= 4 is 11.7 Å². The molecule has 2 atom stereocenters.